The molecule has 0 unspecified atom stereocenters. The van der Waals surface area contributed by atoms with Crippen molar-refractivity contribution in [2.24, 2.45) is 0 Å². The minimum atomic E-state index is -1.57. The minimum absolute atomic E-state index is 0. The van der Waals surface area contributed by atoms with Crippen molar-refractivity contribution >= 4 is 35.8 Å². The second-order valence-corrected chi connectivity index (χ2v) is 4.52. The van der Waals surface area contributed by atoms with E-state index in [0.29, 0.717) is 9.80 Å². The molecule has 0 fully saturated rings. The maximum absolute atomic E-state index is 9.99. The summed E-state index contributed by atoms with van der Waals surface area (Å²) >= 11 is 0. The zero-order valence-corrected chi connectivity index (χ0v) is 18.1. The van der Waals surface area contributed by atoms with Gasteiger partial charge in [0.05, 0.1) is 35.8 Å². The third kappa shape index (κ3) is 31.3. The first-order chi connectivity index (χ1) is 11.8. The molecule has 0 aliphatic rings. The summed E-state index contributed by atoms with van der Waals surface area (Å²) in [5, 5.41) is 60.0. The van der Waals surface area contributed by atoms with Crippen molar-refractivity contribution in [3.05, 3.63) is 0 Å². The number of hydrogen-bond acceptors (Lipinski definition) is 14. The molecule has 0 radical (unpaired) electrons. The Kier molecular flexibility index (Phi) is 27.6. The molecule has 0 atom stereocenters. The van der Waals surface area contributed by atoms with Crippen molar-refractivity contribution in [3.63, 3.8) is 0 Å². The fourth-order valence-electron chi connectivity index (χ4n) is 1.43. The number of carbonyl (C=O) groups excluding carboxylic acids is 6. The maximum Gasteiger partial charge on any atom is 2.00 e. The number of rotatable bonds is 12. The van der Waals surface area contributed by atoms with E-state index in [2.05, 4.69) is 0 Å². The summed E-state index contributed by atoms with van der Waals surface area (Å²) in [5.74, 6) is -9.40. The minimum Gasteiger partial charge on any atom is -0.549 e. The van der Waals surface area contributed by atoms with E-state index in [1.165, 1.54) is 0 Å². The molecule has 29 heavy (non-hydrogen) atoms. The smallest absolute Gasteiger partial charge is 0.549 e. The van der Waals surface area contributed by atoms with E-state index in [0.717, 1.165) is 0 Å². The Morgan fingerprint density at radius 3 is 0.552 bits per heavy atom. The molecule has 0 N–H and O–H groups in total. The average molecular weight is 532 g/mol. The number of carboxylic acids is 6. The fourth-order valence-corrected chi connectivity index (χ4v) is 1.43. The molecule has 0 heterocycles. The van der Waals surface area contributed by atoms with Gasteiger partial charge in [-0.15, -0.1) is 0 Å². The van der Waals surface area contributed by atoms with Gasteiger partial charge in [-0.2, -0.15) is 0 Å². The predicted octanol–water partition coefficient (Wildman–Crippen LogP) is -10.9. The number of nitrogens with zero attached hydrogens (tertiary/aromatic N) is 2. The standard InChI is InChI=1S/2C6H9NO6.3Cr/c2*8-4(9)1-7(2-5(10)11)3-6(12)13;;;/h2*1-3H2,(H,8,9)(H,10,11)(H,12,13);;;/q;;3*+2/p-6. The van der Waals surface area contributed by atoms with Crippen molar-refractivity contribution in [1.29, 1.82) is 0 Å². The molecule has 0 rings (SSSR count). The summed E-state index contributed by atoms with van der Waals surface area (Å²) in [5.41, 5.74) is 0. The summed E-state index contributed by atoms with van der Waals surface area (Å²) < 4.78 is 0. The van der Waals surface area contributed by atoms with E-state index in [9.17, 15) is 59.4 Å². The van der Waals surface area contributed by atoms with Crippen molar-refractivity contribution in [3.8, 4) is 0 Å². The monoisotopic (exact) mass is 532 g/mol. The van der Waals surface area contributed by atoms with E-state index in [1.807, 2.05) is 0 Å². The van der Waals surface area contributed by atoms with Crippen LogP contribution in [-0.2, 0) is 80.9 Å². The first-order valence-electron chi connectivity index (χ1n) is 6.47. The third-order valence-electron chi connectivity index (χ3n) is 2.12. The van der Waals surface area contributed by atoms with Crippen molar-refractivity contribution in [2.45, 2.75) is 0 Å². The first kappa shape index (κ1) is 38.0. The molecule has 0 spiro atoms. The number of carbonyl (C=O) groups is 6. The average Bonchev–Trinajstić information content (AvgIpc) is 2.33. The molecule has 0 aliphatic heterocycles. The van der Waals surface area contributed by atoms with Gasteiger partial charge in [0.25, 0.3) is 0 Å². The second kappa shape index (κ2) is 21.1. The molecule has 0 amide bonds. The largest absolute Gasteiger partial charge is 2.00 e. The van der Waals surface area contributed by atoms with Gasteiger partial charge in [0.15, 0.2) is 0 Å². The normalized spacial score (nSPS) is 8.90. The molecule has 0 aromatic rings. The quantitative estimate of drug-likeness (QED) is 0.226. The zero-order valence-electron chi connectivity index (χ0n) is 14.3. The molecular formula is C12H12Cr3N2O12. The summed E-state index contributed by atoms with van der Waals surface area (Å²) in [6.07, 6.45) is 0. The van der Waals surface area contributed by atoms with Crippen LogP contribution in [0.15, 0.2) is 0 Å². The summed E-state index contributed by atoms with van der Waals surface area (Å²) in [4.78, 5) is 61.2. The van der Waals surface area contributed by atoms with Crippen molar-refractivity contribution in [1.82, 2.24) is 9.80 Å². The topological polar surface area (TPSA) is 247 Å². The Hall–Kier alpha value is -1.66. The van der Waals surface area contributed by atoms with Crippen LogP contribution in [0.1, 0.15) is 0 Å². The van der Waals surface area contributed by atoms with Crippen LogP contribution in [0.25, 0.3) is 0 Å². The number of carboxylic acid groups (broad SMARTS) is 6. The van der Waals surface area contributed by atoms with Crippen LogP contribution in [-0.4, -0.2) is 84.9 Å². The molecule has 0 saturated heterocycles. The molecule has 0 aromatic carbocycles. The van der Waals surface area contributed by atoms with E-state index < -0.39 is 75.1 Å². The number of aliphatic carboxylic acids is 6. The Morgan fingerprint density at radius 1 is 0.379 bits per heavy atom. The van der Waals surface area contributed by atoms with Crippen LogP contribution in [0, 0.1) is 0 Å². The Bertz CT molecular complexity index is 436. The molecular weight excluding hydrogens is 520 g/mol. The Balaban J connectivity index is -0.000000120. The van der Waals surface area contributed by atoms with Crippen LogP contribution in [0.4, 0.5) is 0 Å². The Morgan fingerprint density at radius 2 is 0.483 bits per heavy atom. The van der Waals surface area contributed by atoms with Gasteiger partial charge >= 0.3 is 52.1 Å². The van der Waals surface area contributed by atoms with Gasteiger partial charge < -0.3 is 59.4 Å². The molecule has 160 valence electrons. The van der Waals surface area contributed by atoms with Crippen LogP contribution in [0.2, 0.25) is 0 Å². The summed E-state index contributed by atoms with van der Waals surface area (Å²) in [6.45, 7) is -4.74. The summed E-state index contributed by atoms with van der Waals surface area (Å²) in [6, 6.07) is 0. The maximum atomic E-state index is 9.99. The summed E-state index contributed by atoms with van der Waals surface area (Å²) in [7, 11) is 0. The van der Waals surface area contributed by atoms with Gasteiger partial charge in [-0.1, -0.05) is 0 Å². The molecule has 17 heteroatoms. The van der Waals surface area contributed by atoms with E-state index >= 15 is 0 Å². The van der Waals surface area contributed by atoms with E-state index in [-0.39, 0.29) is 52.1 Å². The van der Waals surface area contributed by atoms with Crippen molar-refractivity contribution < 1.29 is 111 Å². The number of hydrogen-bond donors (Lipinski definition) is 0. The van der Waals surface area contributed by atoms with Gasteiger partial charge in [0, 0.05) is 39.3 Å². The van der Waals surface area contributed by atoms with Gasteiger partial charge in [0.2, 0.25) is 0 Å². The Labute approximate surface area is 196 Å². The van der Waals surface area contributed by atoms with E-state index in [1.54, 1.807) is 0 Å². The predicted molar refractivity (Wildman–Crippen MR) is 62.9 cm³/mol. The molecule has 0 aliphatic carbocycles. The van der Waals surface area contributed by atoms with Crippen molar-refractivity contribution in [2.75, 3.05) is 39.3 Å². The van der Waals surface area contributed by atoms with Gasteiger partial charge in [0.1, 0.15) is 0 Å². The molecule has 0 bridgehead atoms. The first-order valence-corrected chi connectivity index (χ1v) is 6.47. The third-order valence-corrected chi connectivity index (χ3v) is 2.12. The van der Waals surface area contributed by atoms with E-state index in [4.69, 9.17) is 0 Å². The molecule has 0 saturated carbocycles. The second-order valence-electron chi connectivity index (χ2n) is 4.52. The van der Waals surface area contributed by atoms with Crippen LogP contribution in [0.5, 0.6) is 0 Å². The van der Waals surface area contributed by atoms with Gasteiger partial charge in [-0.25, -0.2) is 0 Å². The van der Waals surface area contributed by atoms with Crippen LogP contribution in [0.3, 0.4) is 0 Å². The SMILES string of the molecule is O=C([O-])CN(CC(=O)[O-])CC(=O)[O-].O=C([O-])CN(CC(=O)[O-])CC(=O)[O-].[Cr+2].[Cr+2].[Cr+2]. The van der Waals surface area contributed by atoms with Crippen LogP contribution >= 0.6 is 0 Å². The van der Waals surface area contributed by atoms with Crippen LogP contribution < -0.4 is 30.6 Å². The van der Waals surface area contributed by atoms with Gasteiger partial charge in [-0.3, -0.25) is 9.80 Å². The molecule has 0 aromatic heterocycles. The fraction of sp³-hybridized carbons (Fsp3) is 0.500. The van der Waals surface area contributed by atoms with Gasteiger partial charge in [-0.05, 0) is 0 Å². The molecule has 14 nitrogen and oxygen atoms in total. The zero-order chi connectivity index (χ0) is 20.9.